The molecular formula is C37H45N3O2. The van der Waals surface area contributed by atoms with Crippen LogP contribution in [0.3, 0.4) is 0 Å². The number of likely N-dealkylation sites (tertiary alicyclic amines) is 1. The van der Waals surface area contributed by atoms with E-state index in [-0.39, 0.29) is 17.7 Å². The molecular weight excluding hydrogens is 518 g/mol. The van der Waals surface area contributed by atoms with Crippen molar-refractivity contribution in [3.8, 4) is 0 Å². The van der Waals surface area contributed by atoms with E-state index in [0.29, 0.717) is 6.04 Å². The zero-order valence-corrected chi connectivity index (χ0v) is 24.9. The average Bonchev–Trinajstić information content (AvgIpc) is 3.74. The first-order valence-corrected chi connectivity index (χ1v) is 16.5. The van der Waals surface area contributed by atoms with Crippen molar-refractivity contribution in [3.05, 3.63) is 88.5 Å². The normalized spacial score (nSPS) is 25.4. The fourth-order valence-corrected chi connectivity index (χ4v) is 8.13. The van der Waals surface area contributed by atoms with Crippen molar-refractivity contribution in [3.63, 3.8) is 0 Å². The smallest absolute Gasteiger partial charge is 0.234 e. The summed E-state index contributed by atoms with van der Waals surface area (Å²) in [7, 11) is 0. The summed E-state index contributed by atoms with van der Waals surface area (Å²) >= 11 is 0. The van der Waals surface area contributed by atoms with Crippen molar-refractivity contribution in [2.24, 2.45) is 5.92 Å². The Hall–Kier alpha value is -3.02. The zero-order valence-electron chi connectivity index (χ0n) is 24.9. The first-order chi connectivity index (χ1) is 20.6. The number of fused-ring (bicyclic) bond motifs is 3. The van der Waals surface area contributed by atoms with Crippen LogP contribution in [0.4, 0.5) is 0 Å². The molecule has 0 bridgehead atoms. The molecule has 220 valence electrons. The van der Waals surface area contributed by atoms with Gasteiger partial charge in [-0.3, -0.25) is 9.59 Å². The highest BCUT2D eigenvalue weighted by molar-refractivity contribution is 6.04. The van der Waals surface area contributed by atoms with Gasteiger partial charge in [0.2, 0.25) is 5.91 Å². The number of hydrogen-bond acceptors (Lipinski definition) is 4. The van der Waals surface area contributed by atoms with Crippen LogP contribution in [0.2, 0.25) is 0 Å². The molecule has 1 amide bonds. The van der Waals surface area contributed by atoms with Gasteiger partial charge >= 0.3 is 0 Å². The lowest BCUT2D eigenvalue weighted by atomic mass is 9.70. The maximum Gasteiger partial charge on any atom is 0.234 e. The van der Waals surface area contributed by atoms with Crippen LogP contribution in [0, 0.1) is 5.92 Å². The Labute approximate surface area is 250 Å². The lowest BCUT2D eigenvalue weighted by Crippen LogP contribution is -2.48. The highest BCUT2D eigenvalue weighted by Crippen LogP contribution is 2.53. The molecule has 5 aliphatic rings. The summed E-state index contributed by atoms with van der Waals surface area (Å²) in [5, 5.41) is 7.09. The van der Waals surface area contributed by atoms with E-state index in [2.05, 4.69) is 58.0 Å². The average molecular weight is 564 g/mol. The SMILES string of the molecule is O=C1c2ccccc2CC1NC1CCN(CCCCC2(C(=O)NCCC3CC3)C3=C(C=CCC3)c3ccccc32)CC1. The van der Waals surface area contributed by atoms with E-state index >= 15 is 0 Å². The Kier molecular flexibility index (Phi) is 7.89. The topological polar surface area (TPSA) is 61.4 Å². The van der Waals surface area contributed by atoms with Crippen molar-refractivity contribution in [1.29, 1.82) is 0 Å². The summed E-state index contributed by atoms with van der Waals surface area (Å²) < 4.78 is 0. The minimum absolute atomic E-state index is 0.0614. The number of unbranched alkanes of at least 4 members (excludes halogenated alkanes) is 1. The van der Waals surface area contributed by atoms with Crippen molar-refractivity contribution >= 4 is 17.3 Å². The number of nitrogens with zero attached hydrogens (tertiary/aromatic N) is 1. The largest absolute Gasteiger partial charge is 0.355 e. The molecule has 2 N–H and O–H groups in total. The van der Waals surface area contributed by atoms with Crippen LogP contribution in [0.1, 0.15) is 91.3 Å². The summed E-state index contributed by atoms with van der Waals surface area (Å²) in [6, 6.07) is 17.1. The van der Waals surface area contributed by atoms with E-state index < -0.39 is 5.41 Å². The molecule has 0 radical (unpaired) electrons. The molecule has 1 heterocycles. The van der Waals surface area contributed by atoms with E-state index in [0.717, 1.165) is 95.4 Å². The van der Waals surface area contributed by atoms with Crippen molar-refractivity contribution in [1.82, 2.24) is 15.5 Å². The lowest BCUT2D eigenvalue weighted by molar-refractivity contribution is -0.125. The number of nitrogens with one attached hydrogen (secondary N) is 2. The molecule has 7 rings (SSSR count). The maximum absolute atomic E-state index is 14.1. The van der Waals surface area contributed by atoms with Gasteiger partial charge in [0, 0.05) is 18.2 Å². The number of carbonyl (C=O) groups excluding carboxylic acids is 2. The van der Waals surface area contributed by atoms with Gasteiger partial charge in [0.15, 0.2) is 5.78 Å². The molecule has 2 fully saturated rings. The van der Waals surface area contributed by atoms with E-state index in [9.17, 15) is 9.59 Å². The molecule has 2 unspecified atom stereocenters. The second-order valence-electron chi connectivity index (χ2n) is 13.3. The molecule has 42 heavy (non-hydrogen) atoms. The Morgan fingerprint density at radius 2 is 1.74 bits per heavy atom. The van der Waals surface area contributed by atoms with Crippen molar-refractivity contribution < 1.29 is 9.59 Å². The van der Waals surface area contributed by atoms with E-state index in [1.165, 1.54) is 40.7 Å². The maximum atomic E-state index is 14.1. The summed E-state index contributed by atoms with van der Waals surface area (Å²) in [4.78, 5) is 29.6. The molecule has 0 spiro atoms. The number of amides is 1. The minimum Gasteiger partial charge on any atom is -0.355 e. The number of benzene rings is 2. The van der Waals surface area contributed by atoms with Crippen LogP contribution in [-0.4, -0.2) is 54.9 Å². The molecule has 0 aromatic heterocycles. The highest BCUT2D eigenvalue weighted by Gasteiger charge is 2.49. The van der Waals surface area contributed by atoms with Crippen LogP contribution in [0.25, 0.3) is 5.57 Å². The van der Waals surface area contributed by atoms with Gasteiger partial charge < -0.3 is 15.5 Å². The van der Waals surface area contributed by atoms with Gasteiger partial charge in [-0.2, -0.15) is 0 Å². The highest BCUT2D eigenvalue weighted by atomic mass is 16.2. The van der Waals surface area contributed by atoms with Gasteiger partial charge in [-0.15, -0.1) is 0 Å². The van der Waals surface area contributed by atoms with Gasteiger partial charge in [0.1, 0.15) is 0 Å². The fraction of sp³-hybridized carbons (Fsp3) is 0.514. The Morgan fingerprint density at radius 3 is 2.55 bits per heavy atom. The molecule has 5 nitrogen and oxygen atoms in total. The molecule has 2 atom stereocenters. The number of piperidine rings is 1. The third kappa shape index (κ3) is 5.31. The third-order valence-corrected chi connectivity index (χ3v) is 10.6. The first-order valence-electron chi connectivity index (χ1n) is 16.5. The van der Waals surface area contributed by atoms with Crippen LogP contribution in [0.15, 0.2) is 66.3 Å². The van der Waals surface area contributed by atoms with Crippen LogP contribution < -0.4 is 10.6 Å². The number of Topliss-reactive ketones (excluding diaryl/α,β-unsaturated/α-hetero) is 1. The second kappa shape index (κ2) is 11.9. The number of allylic oxidation sites excluding steroid dienone is 3. The molecule has 5 heteroatoms. The lowest BCUT2D eigenvalue weighted by Gasteiger charge is -2.35. The summed E-state index contributed by atoms with van der Waals surface area (Å²) in [5.74, 6) is 1.31. The van der Waals surface area contributed by atoms with Crippen LogP contribution in [-0.2, 0) is 16.6 Å². The van der Waals surface area contributed by atoms with Crippen LogP contribution in [0.5, 0.6) is 0 Å². The van der Waals surface area contributed by atoms with Crippen molar-refractivity contribution in [2.45, 2.75) is 88.1 Å². The Morgan fingerprint density at radius 1 is 0.952 bits per heavy atom. The number of hydrogen-bond donors (Lipinski definition) is 2. The minimum atomic E-state index is -0.525. The van der Waals surface area contributed by atoms with Crippen LogP contribution >= 0.6 is 0 Å². The predicted molar refractivity (Wildman–Crippen MR) is 168 cm³/mol. The van der Waals surface area contributed by atoms with Gasteiger partial charge in [0.05, 0.1) is 11.5 Å². The number of carbonyl (C=O) groups is 2. The monoisotopic (exact) mass is 563 g/mol. The van der Waals surface area contributed by atoms with E-state index in [1.807, 2.05) is 18.2 Å². The molecule has 1 aliphatic heterocycles. The van der Waals surface area contributed by atoms with E-state index in [1.54, 1.807) is 0 Å². The van der Waals surface area contributed by atoms with Crippen molar-refractivity contribution in [2.75, 3.05) is 26.2 Å². The number of rotatable bonds is 11. The molecule has 1 saturated carbocycles. The van der Waals surface area contributed by atoms with Gasteiger partial charge in [0.25, 0.3) is 0 Å². The Bertz CT molecular complexity index is 1400. The van der Waals surface area contributed by atoms with Gasteiger partial charge in [-0.05, 0) is 105 Å². The standard InChI is InChI=1S/C37H45N3O2/c41-35-29-10-2-1-9-27(29)25-34(35)39-28-18-23-40(24-19-28)22-8-7-20-37(36(42)38-21-17-26-15-16-26)32-13-5-3-11-30(32)31-12-4-6-14-33(31)37/h1-5,9-13,26,28,34,39H,6-8,14-25H2,(H,38,42). The predicted octanol–water partition coefficient (Wildman–Crippen LogP) is 5.99. The molecule has 2 aromatic rings. The fourth-order valence-electron chi connectivity index (χ4n) is 8.13. The quantitative estimate of drug-likeness (QED) is 0.330. The third-order valence-electron chi connectivity index (χ3n) is 10.6. The molecule has 4 aliphatic carbocycles. The van der Waals surface area contributed by atoms with E-state index in [4.69, 9.17) is 0 Å². The number of ketones is 1. The summed E-state index contributed by atoms with van der Waals surface area (Å²) in [5.41, 5.74) is 6.70. The second-order valence-corrected chi connectivity index (χ2v) is 13.3. The molecule has 2 aromatic carbocycles. The summed E-state index contributed by atoms with van der Waals surface area (Å²) in [6.07, 6.45) is 16.3. The summed E-state index contributed by atoms with van der Waals surface area (Å²) in [6.45, 7) is 4.02. The van der Waals surface area contributed by atoms with Gasteiger partial charge in [-0.25, -0.2) is 0 Å². The Balaban J connectivity index is 0.951. The first kappa shape index (κ1) is 27.8. The van der Waals surface area contributed by atoms with Gasteiger partial charge in [-0.1, -0.05) is 79.9 Å². The molecule has 1 saturated heterocycles. The zero-order chi connectivity index (χ0) is 28.5.